The van der Waals surface area contributed by atoms with Gasteiger partial charge in [-0.1, -0.05) is 58.0 Å². The van der Waals surface area contributed by atoms with Gasteiger partial charge in [0.1, 0.15) is 21.5 Å². The minimum Gasteiger partial charge on any atom is -0.560 e. The average Bonchev–Trinajstić information content (AvgIpc) is 2.52. The molecule has 0 aliphatic rings. The first-order valence-corrected chi connectivity index (χ1v) is 8.37. The fourth-order valence-electron chi connectivity index (χ4n) is 1.37. The van der Waals surface area contributed by atoms with Crippen molar-refractivity contribution in [2.75, 3.05) is 0 Å². The van der Waals surface area contributed by atoms with E-state index in [2.05, 4.69) is 0 Å². The van der Waals surface area contributed by atoms with E-state index < -0.39 is 10.0 Å². The van der Waals surface area contributed by atoms with Gasteiger partial charge in [0, 0.05) is 53.8 Å². The molecule has 0 aromatic heterocycles. The van der Waals surface area contributed by atoms with E-state index in [0.29, 0.717) is 5.75 Å². The molecule has 133 valence electrons. The molecule has 0 saturated carbocycles. The summed E-state index contributed by atoms with van der Waals surface area (Å²) in [4.78, 5) is -0.135. The van der Waals surface area contributed by atoms with Crippen LogP contribution in [-0.4, -0.2) is 8.42 Å². The van der Waals surface area contributed by atoms with E-state index in [1.165, 1.54) is 12.1 Å². The van der Waals surface area contributed by atoms with Crippen LogP contribution in [0.2, 0.25) is 0 Å². The molecule has 4 nitrogen and oxygen atoms in total. The van der Waals surface area contributed by atoms with Gasteiger partial charge in [-0.3, -0.25) is 0 Å². The summed E-state index contributed by atoms with van der Waals surface area (Å²) in [6.07, 6.45) is 0. The molecule has 0 unspecified atom stereocenters. The van der Waals surface area contributed by atoms with Crippen molar-refractivity contribution in [2.45, 2.75) is 32.6 Å². The Morgan fingerprint density at radius 3 is 1.71 bits per heavy atom. The van der Waals surface area contributed by atoms with Crippen LogP contribution in [0.5, 0.6) is 11.5 Å². The van der Waals surface area contributed by atoms with E-state index in [0.717, 1.165) is 0 Å². The summed E-state index contributed by atoms with van der Waals surface area (Å²) in [6.45, 7) is 8.00. The molecular weight excluding hydrogens is 571 g/mol. The van der Waals surface area contributed by atoms with Crippen LogP contribution in [-0.2, 0) is 63.8 Å². The largest absolute Gasteiger partial charge is 0.560 e. The molecule has 2 aromatic carbocycles. The van der Waals surface area contributed by atoms with E-state index in [9.17, 15) is 8.42 Å². The molecule has 7 heteroatoms. The Morgan fingerprint density at radius 2 is 1.25 bits per heavy atom. The molecule has 0 saturated heterocycles. The van der Waals surface area contributed by atoms with Crippen molar-refractivity contribution in [3.05, 3.63) is 67.2 Å². The van der Waals surface area contributed by atoms with Gasteiger partial charge in [-0.2, -0.15) is 0 Å². The van der Waals surface area contributed by atoms with Gasteiger partial charge in [-0.25, -0.2) is 8.42 Å². The first-order chi connectivity index (χ1) is 10.1. The molecule has 0 heterocycles. The van der Waals surface area contributed by atoms with Gasteiger partial charge in [-0.05, 0) is 24.3 Å². The Hall–Kier alpha value is -0.0578. The molecule has 0 fully saturated rings. The van der Waals surface area contributed by atoms with Gasteiger partial charge in [0.05, 0.1) is 4.90 Å². The zero-order valence-electron chi connectivity index (χ0n) is 14.8. The third-order valence-corrected chi connectivity index (χ3v) is 3.03. The van der Waals surface area contributed by atoms with E-state index in [1.807, 2.05) is 33.8 Å². The monoisotopic (exact) mass is 596 g/mol. The number of para-hydroxylation sites is 2. The molecule has 0 bridgehead atoms. The standard InChI is InChI=1S/C12H10NO3S.2C2H6.CH3.W.Y/c13-17(14,15)12-9-5-4-8-11(12)16-10-6-2-1-3-7-10;2*1-2;;;/h1-9H,(H-,13,14,15);2*1-2H3;1H3;;/q-1;;;-1;;. The first-order valence-electron chi connectivity index (χ1n) is 6.89. The topological polar surface area (TPSA) is 67.2 Å². The van der Waals surface area contributed by atoms with Crippen molar-refractivity contribution in [1.82, 2.24) is 0 Å². The third-order valence-electron chi connectivity index (χ3n) is 2.11. The van der Waals surface area contributed by atoms with Crippen molar-refractivity contribution >= 4 is 10.0 Å². The number of ether oxygens (including phenoxy) is 1. The second kappa shape index (κ2) is 17.8. The van der Waals surface area contributed by atoms with E-state index in [4.69, 9.17) is 9.88 Å². The quantitative estimate of drug-likeness (QED) is 0.427. The summed E-state index contributed by atoms with van der Waals surface area (Å²) in [7, 11) is -4.03. The Balaban J connectivity index is -0.000000266. The van der Waals surface area contributed by atoms with Crippen LogP contribution in [0.3, 0.4) is 0 Å². The van der Waals surface area contributed by atoms with Gasteiger partial charge >= 0.3 is 0 Å². The molecule has 0 amide bonds. The van der Waals surface area contributed by atoms with Gasteiger partial charge in [0.2, 0.25) is 0 Å². The van der Waals surface area contributed by atoms with Crippen molar-refractivity contribution < 1.29 is 66.9 Å². The first kappa shape index (κ1) is 31.7. The van der Waals surface area contributed by atoms with Crippen LogP contribution in [0, 0.1) is 7.43 Å². The molecule has 1 radical (unpaired) electrons. The minimum absolute atomic E-state index is 0. The Kier molecular flexibility index (Phi) is 23.4. The predicted octanol–water partition coefficient (Wildman–Crippen LogP) is 5.72. The second-order valence-electron chi connectivity index (χ2n) is 3.37. The van der Waals surface area contributed by atoms with Crippen LogP contribution in [0.25, 0.3) is 5.14 Å². The summed E-state index contributed by atoms with van der Waals surface area (Å²) < 4.78 is 27.9. The van der Waals surface area contributed by atoms with E-state index >= 15 is 0 Å². The number of benzene rings is 2. The zero-order valence-corrected chi connectivity index (χ0v) is 21.4. The molecule has 2 rings (SSSR count). The van der Waals surface area contributed by atoms with Crippen molar-refractivity contribution in [2.24, 2.45) is 0 Å². The number of hydrogen-bond donors (Lipinski definition) is 0. The summed E-state index contributed by atoms with van der Waals surface area (Å²) in [5.41, 5.74) is 0. The number of rotatable bonds is 3. The molecule has 24 heavy (non-hydrogen) atoms. The second-order valence-corrected chi connectivity index (χ2v) is 4.81. The minimum atomic E-state index is -4.03. The predicted molar refractivity (Wildman–Crippen MR) is 93.6 cm³/mol. The van der Waals surface area contributed by atoms with Crippen LogP contribution in [0.15, 0.2) is 59.5 Å². The molecule has 0 spiro atoms. The maximum absolute atomic E-state index is 11.2. The summed E-state index contributed by atoms with van der Waals surface area (Å²) in [6, 6.07) is 14.9. The van der Waals surface area contributed by atoms with E-state index in [1.54, 1.807) is 36.4 Å². The van der Waals surface area contributed by atoms with Crippen molar-refractivity contribution in [3.8, 4) is 11.5 Å². The maximum Gasteiger partial charge on any atom is 0.144 e. The molecule has 0 aliphatic carbocycles. The fourth-order valence-corrected chi connectivity index (χ4v) is 2.00. The molecule has 0 aliphatic heterocycles. The van der Waals surface area contributed by atoms with Crippen LogP contribution in [0.4, 0.5) is 0 Å². The van der Waals surface area contributed by atoms with Crippen LogP contribution < -0.4 is 4.74 Å². The van der Waals surface area contributed by atoms with Crippen LogP contribution in [0.1, 0.15) is 27.7 Å². The fraction of sp³-hybridized carbons (Fsp3) is 0.235. The maximum atomic E-state index is 11.2. The average molecular weight is 596 g/mol. The van der Waals surface area contributed by atoms with Gasteiger partial charge < -0.3 is 17.3 Å². The molecule has 2 aromatic rings. The number of sulfonamides is 1. The third kappa shape index (κ3) is 11.5. The summed E-state index contributed by atoms with van der Waals surface area (Å²) in [5, 5.41) is 7.07. The van der Waals surface area contributed by atoms with Crippen LogP contribution >= 0.6 is 0 Å². The normalized spacial score (nSPS) is 8.38. The zero-order chi connectivity index (χ0) is 16.3. The molecule has 0 atom stereocenters. The van der Waals surface area contributed by atoms with Crippen molar-refractivity contribution in [3.63, 3.8) is 0 Å². The Bertz CT molecular complexity index is 623. The van der Waals surface area contributed by atoms with Gasteiger partial charge in [0.25, 0.3) is 0 Å². The van der Waals surface area contributed by atoms with Crippen molar-refractivity contribution in [1.29, 1.82) is 0 Å². The molecular formula is C17H25NO3SWY-2. The van der Waals surface area contributed by atoms with E-state index in [-0.39, 0.29) is 71.8 Å². The SMILES string of the molecule is CC.CC.[CH3-].[NH-]S(=O)(=O)c1ccccc1Oc1ccccc1.[W].[Y]. The Labute approximate surface area is 186 Å². The van der Waals surface area contributed by atoms with Gasteiger partial charge in [-0.15, -0.1) is 0 Å². The molecule has 1 N–H and O–H groups in total. The Morgan fingerprint density at radius 1 is 0.833 bits per heavy atom. The summed E-state index contributed by atoms with van der Waals surface area (Å²) >= 11 is 0. The smallest absolute Gasteiger partial charge is 0.144 e. The number of hydrogen-bond acceptors (Lipinski definition) is 3. The summed E-state index contributed by atoms with van der Waals surface area (Å²) in [5.74, 6) is 0.692. The number of nitrogens with one attached hydrogen (secondary N) is 1. The van der Waals surface area contributed by atoms with Gasteiger partial charge in [0.15, 0.2) is 0 Å².